The number of hydrogen-bond donors (Lipinski definition) is 2. The summed E-state index contributed by atoms with van der Waals surface area (Å²) in [5.74, 6) is 0.717. The molecular formula is C25H33N3O5S. The summed E-state index contributed by atoms with van der Waals surface area (Å²) in [6.07, 6.45) is 2.47. The summed E-state index contributed by atoms with van der Waals surface area (Å²) in [5, 5.41) is 2.98. The number of benzene rings is 2. The Morgan fingerprint density at radius 3 is 2.38 bits per heavy atom. The van der Waals surface area contributed by atoms with Crippen molar-refractivity contribution in [2.75, 3.05) is 31.5 Å². The second-order valence-electron chi connectivity index (χ2n) is 8.92. The highest BCUT2D eigenvalue weighted by Crippen LogP contribution is 2.22. The highest BCUT2D eigenvalue weighted by Gasteiger charge is 2.28. The molecule has 0 bridgehead atoms. The first-order valence-electron chi connectivity index (χ1n) is 11.5. The van der Waals surface area contributed by atoms with Gasteiger partial charge in [0.1, 0.15) is 5.75 Å². The Bertz CT molecular complexity index is 1080. The second kappa shape index (κ2) is 11.4. The highest BCUT2D eigenvalue weighted by atomic mass is 32.2. The van der Waals surface area contributed by atoms with Crippen LogP contribution in [0.15, 0.2) is 53.4 Å². The predicted molar refractivity (Wildman–Crippen MR) is 131 cm³/mol. The third-order valence-electron chi connectivity index (χ3n) is 5.85. The molecule has 1 atom stereocenters. The summed E-state index contributed by atoms with van der Waals surface area (Å²) < 4.78 is 32.8. The number of methoxy groups -OCH3 is 1. The van der Waals surface area contributed by atoms with Gasteiger partial charge in [-0.3, -0.25) is 14.3 Å². The van der Waals surface area contributed by atoms with Crippen LogP contribution in [-0.4, -0.2) is 51.9 Å². The van der Waals surface area contributed by atoms with Crippen LogP contribution in [0.1, 0.15) is 43.5 Å². The summed E-state index contributed by atoms with van der Waals surface area (Å²) in [6, 6.07) is 12.4. The molecule has 0 radical (unpaired) electrons. The predicted octanol–water partition coefficient (Wildman–Crippen LogP) is 3.51. The number of carbonyl (C=O) groups excluding carboxylic acids is 2. The lowest BCUT2D eigenvalue weighted by Gasteiger charge is -2.32. The molecule has 2 aromatic rings. The van der Waals surface area contributed by atoms with Gasteiger partial charge in [0.25, 0.3) is 15.9 Å². The minimum atomic E-state index is -3.77. The first-order valence-corrected chi connectivity index (χ1v) is 13.0. The molecular weight excluding hydrogens is 454 g/mol. The fourth-order valence-electron chi connectivity index (χ4n) is 3.84. The van der Waals surface area contributed by atoms with E-state index in [2.05, 4.69) is 23.9 Å². The zero-order valence-electron chi connectivity index (χ0n) is 19.9. The van der Waals surface area contributed by atoms with Crippen molar-refractivity contribution >= 4 is 27.5 Å². The smallest absolute Gasteiger partial charge is 0.261 e. The van der Waals surface area contributed by atoms with Gasteiger partial charge in [-0.15, -0.1) is 0 Å². The van der Waals surface area contributed by atoms with Gasteiger partial charge in [-0.05, 0) is 73.7 Å². The Labute approximate surface area is 201 Å². The molecule has 0 unspecified atom stereocenters. The van der Waals surface area contributed by atoms with Crippen LogP contribution in [0, 0.1) is 11.8 Å². The molecule has 2 amide bonds. The number of sulfonamides is 1. The Morgan fingerprint density at radius 2 is 1.76 bits per heavy atom. The molecule has 0 saturated carbocycles. The Morgan fingerprint density at radius 1 is 1.09 bits per heavy atom. The maximum Gasteiger partial charge on any atom is 0.261 e. The van der Waals surface area contributed by atoms with Gasteiger partial charge in [0.05, 0.1) is 17.9 Å². The number of piperidine rings is 1. The van der Waals surface area contributed by atoms with Gasteiger partial charge in [-0.25, -0.2) is 8.42 Å². The summed E-state index contributed by atoms with van der Waals surface area (Å²) in [7, 11) is -2.26. The molecule has 184 valence electrons. The van der Waals surface area contributed by atoms with Gasteiger partial charge in [0, 0.05) is 30.9 Å². The van der Waals surface area contributed by atoms with E-state index in [1.165, 1.54) is 19.2 Å². The Kier molecular flexibility index (Phi) is 8.55. The van der Waals surface area contributed by atoms with E-state index < -0.39 is 10.0 Å². The molecule has 0 aliphatic carbocycles. The van der Waals surface area contributed by atoms with E-state index in [4.69, 9.17) is 4.74 Å². The van der Waals surface area contributed by atoms with Crippen molar-refractivity contribution in [2.45, 2.75) is 38.0 Å². The van der Waals surface area contributed by atoms with E-state index in [0.717, 1.165) is 19.3 Å². The second-order valence-corrected chi connectivity index (χ2v) is 10.6. The van der Waals surface area contributed by atoms with Crippen LogP contribution in [0.5, 0.6) is 5.75 Å². The molecule has 2 N–H and O–H groups in total. The number of hydrogen-bond acceptors (Lipinski definition) is 5. The first-order chi connectivity index (χ1) is 16.2. The molecule has 1 saturated heterocycles. The largest absolute Gasteiger partial charge is 0.497 e. The number of rotatable bonds is 9. The van der Waals surface area contributed by atoms with Crippen molar-refractivity contribution in [1.82, 2.24) is 10.2 Å². The maximum atomic E-state index is 13.0. The van der Waals surface area contributed by atoms with E-state index in [1.807, 2.05) is 0 Å². The van der Waals surface area contributed by atoms with Crippen molar-refractivity contribution in [3.05, 3.63) is 54.1 Å². The average molecular weight is 488 g/mol. The van der Waals surface area contributed by atoms with Crippen LogP contribution in [-0.2, 0) is 14.8 Å². The molecule has 8 nitrogen and oxygen atoms in total. The zero-order valence-corrected chi connectivity index (χ0v) is 20.7. The summed E-state index contributed by atoms with van der Waals surface area (Å²) >= 11 is 0. The molecule has 3 rings (SSSR count). The minimum absolute atomic E-state index is 0.00133. The lowest BCUT2D eigenvalue weighted by atomic mass is 9.96. The van der Waals surface area contributed by atoms with Gasteiger partial charge in [0.15, 0.2) is 0 Å². The Balaban J connectivity index is 1.60. The number of nitrogens with one attached hydrogen (secondary N) is 2. The summed E-state index contributed by atoms with van der Waals surface area (Å²) in [4.78, 5) is 27.3. The standard InChI is InChI=1S/C25H33N3O5S/c1-18(2)14-15-26-24(29)20-5-4-16-28(17-20)25(30)19-6-8-21(9-7-19)27-34(31,32)23-12-10-22(33-3)11-13-23/h6-13,18,20,27H,4-5,14-17H2,1-3H3,(H,26,29)/t20-/m1/s1. The van der Waals surface area contributed by atoms with Crippen LogP contribution in [0.4, 0.5) is 5.69 Å². The van der Waals surface area contributed by atoms with Gasteiger partial charge in [-0.1, -0.05) is 13.8 Å². The fraction of sp³-hybridized carbons (Fsp3) is 0.440. The molecule has 1 aliphatic rings. The molecule has 2 aromatic carbocycles. The number of ether oxygens (including phenoxy) is 1. The SMILES string of the molecule is COc1ccc(S(=O)(=O)Nc2ccc(C(=O)N3CCC[C@@H](C(=O)NCCC(C)C)C3)cc2)cc1. The van der Waals surface area contributed by atoms with Gasteiger partial charge >= 0.3 is 0 Å². The van der Waals surface area contributed by atoms with Crippen molar-refractivity contribution < 1.29 is 22.7 Å². The number of amides is 2. The fourth-order valence-corrected chi connectivity index (χ4v) is 4.89. The van der Waals surface area contributed by atoms with E-state index in [0.29, 0.717) is 42.6 Å². The van der Waals surface area contributed by atoms with Crippen LogP contribution in [0.2, 0.25) is 0 Å². The van der Waals surface area contributed by atoms with Crippen LogP contribution >= 0.6 is 0 Å². The van der Waals surface area contributed by atoms with Crippen LogP contribution < -0.4 is 14.8 Å². The maximum absolute atomic E-state index is 13.0. The lowest BCUT2D eigenvalue weighted by Crippen LogP contribution is -2.45. The molecule has 1 fully saturated rings. The van der Waals surface area contributed by atoms with Gasteiger partial charge < -0.3 is 15.0 Å². The van der Waals surface area contributed by atoms with E-state index in [9.17, 15) is 18.0 Å². The zero-order chi connectivity index (χ0) is 24.7. The van der Waals surface area contributed by atoms with Crippen molar-refractivity contribution in [1.29, 1.82) is 0 Å². The molecule has 1 aliphatic heterocycles. The van der Waals surface area contributed by atoms with Crippen LogP contribution in [0.25, 0.3) is 0 Å². The quantitative estimate of drug-likeness (QED) is 0.563. The molecule has 0 aromatic heterocycles. The first kappa shape index (κ1) is 25.6. The third kappa shape index (κ3) is 6.72. The number of nitrogens with zero attached hydrogens (tertiary/aromatic N) is 1. The van der Waals surface area contributed by atoms with Crippen molar-refractivity contribution in [2.24, 2.45) is 11.8 Å². The topological polar surface area (TPSA) is 105 Å². The molecule has 9 heteroatoms. The number of carbonyl (C=O) groups is 2. The van der Waals surface area contributed by atoms with Crippen molar-refractivity contribution in [3.8, 4) is 5.75 Å². The normalized spacial score (nSPS) is 16.2. The van der Waals surface area contributed by atoms with Gasteiger partial charge in [0.2, 0.25) is 5.91 Å². The van der Waals surface area contributed by atoms with E-state index >= 15 is 0 Å². The summed E-state index contributed by atoms with van der Waals surface area (Å²) in [6.45, 7) is 5.86. The lowest BCUT2D eigenvalue weighted by molar-refractivity contribution is -0.126. The average Bonchev–Trinajstić information content (AvgIpc) is 2.83. The highest BCUT2D eigenvalue weighted by molar-refractivity contribution is 7.92. The molecule has 1 heterocycles. The van der Waals surface area contributed by atoms with E-state index in [1.54, 1.807) is 41.3 Å². The Hall–Kier alpha value is -3.07. The van der Waals surface area contributed by atoms with Crippen molar-refractivity contribution in [3.63, 3.8) is 0 Å². The number of anilines is 1. The van der Waals surface area contributed by atoms with Crippen LogP contribution in [0.3, 0.4) is 0 Å². The third-order valence-corrected chi connectivity index (χ3v) is 7.25. The monoisotopic (exact) mass is 487 g/mol. The minimum Gasteiger partial charge on any atom is -0.497 e. The molecule has 34 heavy (non-hydrogen) atoms. The summed E-state index contributed by atoms with van der Waals surface area (Å²) in [5.41, 5.74) is 0.807. The van der Waals surface area contributed by atoms with E-state index in [-0.39, 0.29) is 22.6 Å². The number of likely N-dealkylation sites (tertiary alicyclic amines) is 1. The van der Waals surface area contributed by atoms with Gasteiger partial charge in [-0.2, -0.15) is 0 Å². The molecule has 0 spiro atoms.